The summed E-state index contributed by atoms with van der Waals surface area (Å²) >= 11 is 1.52. The van der Waals surface area contributed by atoms with E-state index in [9.17, 15) is 9.59 Å². The molecule has 4 rings (SSSR count). The maximum Gasteiger partial charge on any atom is 0.237 e. The Balaban J connectivity index is 1.51. The van der Waals surface area contributed by atoms with Gasteiger partial charge in [0.1, 0.15) is 0 Å². The van der Waals surface area contributed by atoms with E-state index in [1.165, 1.54) is 28.2 Å². The summed E-state index contributed by atoms with van der Waals surface area (Å²) in [7, 11) is 0. The van der Waals surface area contributed by atoms with E-state index in [-0.39, 0.29) is 17.1 Å². The fourth-order valence-electron chi connectivity index (χ4n) is 4.28. The van der Waals surface area contributed by atoms with Crippen LogP contribution in [0, 0.1) is 0 Å². The second-order valence-electron chi connectivity index (χ2n) is 8.32. The van der Waals surface area contributed by atoms with Crippen molar-refractivity contribution in [1.82, 2.24) is 4.57 Å². The lowest BCUT2D eigenvalue weighted by Crippen LogP contribution is -2.24. The molecule has 2 amide bonds. The van der Waals surface area contributed by atoms with E-state index in [2.05, 4.69) is 58.5 Å². The number of aromatic nitrogens is 1. The molecular formula is C28H31N3O2S. The minimum Gasteiger partial charge on any atom is -0.341 e. The first kappa shape index (κ1) is 23.9. The Morgan fingerprint density at radius 1 is 0.853 bits per heavy atom. The highest BCUT2D eigenvalue weighted by Gasteiger charge is 2.19. The van der Waals surface area contributed by atoms with E-state index in [0.717, 1.165) is 34.6 Å². The zero-order valence-corrected chi connectivity index (χ0v) is 20.7. The number of benzene rings is 3. The molecule has 4 aromatic rings. The Bertz CT molecular complexity index is 1330. The van der Waals surface area contributed by atoms with Gasteiger partial charge in [0.15, 0.2) is 0 Å². The number of carbonyl (C=O) groups excluding carboxylic acids is 2. The summed E-state index contributed by atoms with van der Waals surface area (Å²) in [4.78, 5) is 26.0. The van der Waals surface area contributed by atoms with Crippen molar-refractivity contribution in [2.75, 3.05) is 10.6 Å². The van der Waals surface area contributed by atoms with Crippen LogP contribution < -0.4 is 10.6 Å². The highest BCUT2D eigenvalue weighted by atomic mass is 32.2. The van der Waals surface area contributed by atoms with Crippen molar-refractivity contribution in [3.8, 4) is 0 Å². The summed E-state index contributed by atoms with van der Waals surface area (Å²) in [6, 6.07) is 22.2. The van der Waals surface area contributed by atoms with E-state index in [4.69, 9.17) is 0 Å². The highest BCUT2D eigenvalue weighted by molar-refractivity contribution is 8.00. The molecule has 1 aromatic heterocycles. The highest BCUT2D eigenvalue weighted by Crippen LogP contribution is 2.32. The van der Waals surface area contributed by atoms with Crippen molar-refractivity contribution >= 4 is 56.8 Å². The lowest BCUT2D eigenvalue weighted by atomic mass is 10.1. The van der Waals surface area contributed by atoms with Crippen LogP contribution in [0.3, 0.4) is 0 Å². The monoisotopic (exact) mass is 473 g/mol. The fourth-order valence-corrected chi connectivity index (χ4v) is 5.29. The van der Waals surface area contributed by atoms with Gasteiger partial charge in [-0.15, -0.1) is 11.8 Å². The molecule has 0 spiro atoms. The number of aryl methyl sites for hydroxylation is 1. The first-order chi connectivity index (χ1) is 16.5. The van der Waals surface area contributed by atoms with Gasteiger partial charge in [0.2, 0.25) is 11.8 Å². The predicted molar refractivity (Wildman–Crippen MR) is 144 cm³/mol. The molecule has 1 unspecified atom stereocenters. The van der Waals surface area contributed by atoms with Gasteiger partial charge in [-0.1, -0.05) is 38.1 Å². The van der Waals surface area contributed by atoms with Crippen LogP contribution in [-0.2, 0) is 16.1 Å². The number of carbonyl (C=O) groups is 2. The van der Waals surface area contributed by atoms with Crippen molar-refractivity contribution in [2.24, 2.45) is 0 Å². The predicted octanol–water partition coefficient (Wildman–Crippen LogP) is 7.06. The van der Waals surface area contributed by atoms with Gasteiger partial charge in [0.25, 0.3) is 0 Å². The summed E-state index contributed by atoms with van der Waals surface area (Å²) in [5.41, 5.74) is 3.94. The number of thioether (sulfide) groups is 1. The molecule has 2 N–H and O–H groups in total. The van der Waals surface area contributed by atoms with Crippen LogP contribution in [-0.4, -0.2) is 21.6 Å². The van der Waals surface area contributed by atoms with Crippen LogP contribution in [0.15, 0.2) is 71.6 Å². The molecule has 1 atom stereocenters. The molecule has 0 aliphatic heterocycles. The zero-order valence-electron chi connectivity index (χ0n) is 19.9. The van der Waals surface area contributed by atoms with Gasteiger partial charge in [-0.25, -0.2) is 0 Å². The molecular weight excluding hydrogens is 442 g/mol. The molecule has 0 saturated heterocycles. The zero-order chi connectivity index (χ0) is 24.1. The van der Waals surface area contributed by atoms with Gasteiger partial charge in [0, 0.05) is 51.0 Å². The number of amides is 2. The van der Waals surface area contributed by atoms with Gasteiger partial charge >= 0.3 is 0 Å². The van der Waals surface area contributed by atoms with Gasteiger partial charge in [0.05, 0.1) is 5.25 Å². The molecule has 0 radical (unpaired) electrons. The largest absolute Gasteiger partial charge is 0.341 e. The number of anilines is 2. The molecule has 34 heavy (non-hydrogen) atoms. The first-order valence-corrected chi connectivity index (χ1v) is 12.8. The molecule has 3 aromatic carbocycles. The summed E-state index contributed by atoms with van der Waals surface area (Å²) in [6.07, 6.45) is 2.00. The summed E-state index contributed by atoms with van der Waals surface area (Å²) < 4.78 is 2.30. The SMILES string of the molecule is CCCC(=O)Nc1cccc(SC(CC)C(=O)Nc2ccc3c(c2)c2ccccc2n3CC)c1. The average molecular weight is 474 g/mol. The fraction of sp³-hybridized carbons (Fsp3) is 0.286. The van der Waals surface area contributed by atoms with Gasteiger partial charge < -0.3 is 15.2 Å². The van der Waals surface area contributed by atoms with Crippen LogP contribution in [0.4, 0.5) is 11.4 Å². The van der Waals surface area contributed by atoms with Crippen molar-refractivity contribution in [2.45, 2.75) is 56.7 Å². The summed E-state index contributed by atoms with van der Waals surface area (Å²) in [6.45, 7) is 7.04. The molecule has 0 aliphatic carbocycles. The quantitative estimate of drug-likeness (QED) is 0.256. The van der Waals surface area contributed by atoms with Crippen LogP contribution in [0.2, 0.25) is 0 Å². The number of nitrogens with zero attached hydrogens (tertiary/aromatic N) is 1. The van der Waals surface area contributed by atoms with Crippen LogP contribution >= 0.6 is 11.8 Å². The topological polar surface area (TPSA) is 63.1 Å². The lowest BCUT2D eigenvalue weighted by molar-refractivity contribution is -0.116. The number of para-hydroxylation sites is 1. The Kier molecular flexibility index (Phi) is 7.58. The maximum atomic E-state index is 13.2. The molecule has 0 fully saturated rings. The first-order valence-electron chi connectivity index (χ1n) is 11.9. The number of fused-ring (bicyclic) bond motifs is 3. The van der Waals surface area contributed by atoms with Gasteiger partial charge in [-0.05, 0) is 62.2 Å². The van der Waals surface area contributed by atoms with Gasteiger partial charge in [-0.3, -0.25) is 9.59 Å². The third-order valence-corrected chi connectivity index (χ3v) is 7.25. The second-order valence-corrected chi connectivity index (χ2v) is 9.60. The third kappa shape index (κ3) is 5.12. The van der Waals surface area contributed by atoms with E-state index in [1.807, 2.05) is 44.2 Å². The molecule has 0 saturated carbocycles. The van der Waals surface area contributed by atoms with E-state index in [1.54, 1.807) is 0 Å². The standard InChI is InChI=1S/C28H31N3O2S/c1-4-10-27(32)29-19-11-9-12-21(17-19)34-26(5-2)28(33)30-20-15-16-25-23(18-20)22-13-7-8-14-24(22)31(25)6-3/h7-9,11-18,26H,4-6,10H2,1-3H3,(H,29,32)(H,30,33). The molecule has 0 aliphatic rings. The van der Waals surface area contributed by atoms with Crippen molar-refractivity contribution in [1.29, 1.82) is 0 Å². The maximum absolute atomic E-state index is 13.2. The molecule has 5 nitrogen and oxygen atoms in total. The van der Waals surface area contributed by atoms with Crippen LogP contribution in [0.1, 0.15) is 40.0 Å². The molecule has 0 bridgehead atoms. The second kappa shape index (κ2) is 10.8. The third-order valence-electron chi connectivity index (χ3n) is 5.89. The Morgan fingerprint density at radius 3 is 2.38 bits per heavy atom. The molecule has 176 valence electrons. The van der Waals surface area contributed by atoms with Crippen LogP contribution in [0.5, 0.6) is 0 Å². The normalized spacial score (nSPS) is 12.1. The Labute approximate surface area is 204 Å². The van der Waals surface area contributed by atoms with E-state index in [0.29, 0.717) is 12.8 Å². The van der Waals surface area contributed by atoms with E-state index >= 15 is 0 Å². The molecule has 1 heterocycles. The minimum absolute atomic E-state index is 0.00857. The van der Waals surface area contributed by atoms with E-state index < -0.39 is 0 Å². The number of hydrogen-bond acceptors (Lipinski definition) is 3. The Morgan fingerprint density at radius 2 is 1.62 bits per heavy atom. The number of rotatable bonds is 9. The minimum atomic E-state index is -0.241. The molecule has 6 heteroatoms. The smallest absolute Gasteiger partial charge is 0.237 e. The summed E-state index contributed by atoms with van der Waals surface area (Å²) in [5.74, 6) is -0.0132. The van der Waals surface area contributed by atoms with Crippen LogP contribution in [0.25, 0.3) is 21.8 Å². The number of hydrogen-bond donors (Lipinski definition) is 2. The average Bonchev–Trinajstić information content (AvgIpc) is 3.16. The lowest BCUT2D eigenvalue weighted by Gasteiger charge is -2.16. The van der Waals surface area contributed by atoms with Crippen molar-refractivity contribution < 1.29 is 9.59 Å². The van der Waals surface area contributed by atoms with Crippen molar-refractivity contribution in [3.63, 3.8) is 0 Å². The van der Waals surface area contributed by atoms with Crippen molar-refractivity contribution in [3.05, 3.63) is 66.7 Å². The summed E-state index contributed by atoms with van der Waals surface area (Å²) in [5, 5.41) is 8.15. The Hall–Kier alpha value is -3.25. The number of nitrogens with one attached hydrogen (secondary N) is 2. The van der Waals surface area contributed by atoms with Gasteiger partial charge in [-0.2, -0.15) is 0 Å².